The highest BCUT2D eigenvalue weighted by Crippen LogP contribution is 2.49. The summed E-state index contributed by atoms with van der Waals surface area (Å²) in [6.45, 7) is 0. The quantitative estimate of drug-likeness (QED) is 0.176. The molecule has 0 spiro atoms. The van der Waals surface area contributed by atoms with E-state index in [1.54, 1.807) is 0 Å². The zero-order valence-electron chi connectivity index (χ0n) is 28.4. The fourth-order valence-corrected chi connectivity index (χ4v) is 7.77. The van der Waals surface area contributed by atoms with Crippen LogP contribution in [0.15, 0.2) is 200 Å². The third-order valence-electron chi connectivity index (χ3n) is 10.3. The second kappa shape index (κ2) is 12.5. The molecule has 0 fully saturated rings. The standard InChI is InChI=1S/C50H33NO/c1-2-11-34(12-3-1)35-23-28-40(29-24-35)51(41-30-25-37(26-31-41)43-19-8-14-36-13-4-5-17-42(36)43)47-21-7-6-18-44(47)39-27-32-48-46(33-39)45-20-9-15-38-16-10-22-49(52-48)50(38)45/h1-33H. The van der Waals surface area contributed by atoms with E-state index in [0.29, 0.717) is 0 Å². The maximum Gasteiger partial charge on any atom is 0.135 e. The van der Waals surface area contributed by atoms with E-state index < -0.39 is 0 Å². The van der Waals surface area contributed by atoms with Gasteiger partial charge in [0.15, 0.2) is 0 Å². The van der Waals surface area contributed by atoms with Crippen molar-refractivity contribution in [2.45, 2.75) is 0 Å². The summed E-state index contributed by atoms with van der Waals surface area (Å²) in [5, 5.41) is 4.84. The van der Waals surface area contributed by atoms with Crippen LogP contribution in [0, 0.1) is 0 Å². The summed E-state index contributed by atoms with van der Waals surface area (Å²) in [6, 6.07) is 71.7. The Labute approximate surface area is 303 Å². The first kappa shape index (κ1) is 30.0. The number of nitrogens with zero attached hydrogens (tertiary/aromatic N) is 1. The molecule has 9 aromatic carbocycles. The van der Waals surface area contributed by atoms with Crippen molar-refractivity contribution in [3.8, 4) is 56.0 Å². The molecule has 0 radical (unpaired) electrons. The van der Waals surface area contributed by atoms with Crippen molar-refractivity contribution in [2.75, 3.05) is 4.90 Å². The van der Waals surface area contributed by atoms with Crippen LogP contribution < -0.4 is 9.64 Å². The molecule has 1 aliphatic heterocycles. The van der Waals surface area contributed by atoms with Crippen LogP contribution in [0.2, 0.25) is 0 Å². The maximum absolute atomic E-state index is 6.47. The number of ether oxygens (including phenoxy) is 1. The summed E-state index contributed by atoms with van der Waals surface area (Å²) in [4.78, 5) is 2.38. The summed E-state index contributed by atoms with van der Waals surface area (Å²) in [7, 11) is 0. The summed E-state index contributed by atoms with van der Waals surface area (Å²) < 4.78 is 6.47. The highest BCUT2D eigenvalue weighted by molar-refractivity contribution is 6.05. The van der Waals surface area contributed by atoms with Crippen molar-refractivity contribution in [3.05, 3.63) is 200 Å². The molecule has 0 atom stereocenters. The number of fused-ring (bicyclic) bond motifs is 3. The zero-order valence-corrected chi connectivity index (χ0v) is 28.4. The van der Waals surface area contributed by atoms with Gasteiger partial charge in [0.2, 0.25) is 0 Å². The monoisotopic (exact) mass is 663 g/mol. The van der Waals surface area contributed by atoms with Crippen LogP contribution >= 0.6 is 0 Å². The highest BCUT2D eigenvalue weighted by Gasteiger charge is 2.22. The van der Waals surface area contributed by atoms with E-state index in [2.05, 4.69) is 205 Å². The lowest BCUT2D eigenvalue weighted by Gasteiger charge is -2.29. The average molecular weight is 664 g/mol. The molecule has 0 amide bonds. The van der Waals surface area contributed by atoms with E-state index >= 15 is 0 Å². The topological polar surface area (TPSA) is 12.5 Å². The van der Waals surface area contributed by atoms with Gasteiger partial charge in [-0.15, -0.1) is 0 Å². The van der Waals surface area contributed by atoms with Gasteiger partial charge in [-0.25, -0.2) is 0 Å². The second-order valence-electron chi connectivity index (χ2n) is 13.3. The lowest BCUT2D eigenvalue weighted by Crippen LogP contribution is -2.11. The van der Waals surface area contributed by atoms with Gasteiger partial charge in [-0.3, -0.25) is 0 Å². The predicted octanol–water partition coefficient (Wildman–Crippen LogP) is 14.2. The number of hydrogen-bond acceptors (Lipinski definition) is 2. The molecule has 52 heavy (non-hydrogen) atoms. The highest BCUT2D eigenvalue weighted by atomic mass is 16.5. The van der Waals surface area contributed by atoms with Crippen LogP contribution in [0.4, 0.5) is 17.1 Å². The third-order valence-corrected chi connectivity index (χ3v) is 10.3. The first-order valence-corrected chi connectivity index (χ1v) is 17.8. The Bertz CT molecular complexity index is 2740. The van der Waals surface area contributed by atoms with Gasteiger partial charge in [-0.2, -0.15) is 0 Å². The van der Waals surface area contributed by atoms with Crippen molar-refractivity contribution in [2.24, 2.45) is 0 Å². The van der Waals surface area contributed by atoms with Crippen LogP contribution in [0.1, 0.15) is 0 Å². The Hall–Kier alpha value is -6.90. The van der Waals surface area contributed by atoms with E-state index in [1.807, 2.05) is 0 Å². The van der Waals surface area contributed by atoms with E-state index in [-0.39, 0.29) is 0 Å². The minimum atomic E-state index is 0.879. The Morgan fingerprint density at radius 1 is 0.327 bits per heavy atom. The predicted molar refractivity (Wildman–Crippen MR) is 218 cm³/mol. The molecular weight excluding hydrogens is 631 g/mol. The van der Waals surface area contributed by atoms with Gasteiger partial charge in [0.25, 0.3) is 0 Å². The molecule has 0 N–H and O–H groups in total. The van der Waals surface area contributed by atoms with Crippen LogP contribution in [0.3, 0.4) is 0 Å². The summed E-state index contributed by atoms with van der Waals surface area (Å²) in [5.74, 6) is 1.79. The number of benzene rings is 9. The Morgan fingerprint density at radius 3 is 1.71 bits per heavy atom. The second-order valence-corrected chi connectivity index (χ2v) is 13.3. The number of rotatable bonds is 6. The van der Waals surface area contributed by atoms with E-state index in [1.165, 1.54) is 44.0 Å². The van der Waals surface area contributed by atoms with Crippen molar-refractivity contribution < 1.29 is 4.74 Å². The van der Waals surface area contributed by atoms with Gasteiger partial charge in [-0.05, 0) is 98.1 Å². The molecule has 0 saturated heterocycles. The van der Waals surface area contributed by atoms with Crippen LogP contribution in [0.5, 0.6) is 11.5 Å². The molecule has 0 unspecified atom stereocenters. The first-order valence-electron chi connectivity index (χ1n) is 17.8. The van der Waals surface area contributed by atoms with Crippen molar-refractivity contribution in [3.63, 3.8) is 0 Å². The molecule has 0 bridgehead atoms. The summed E-state index contributed by atoms with van der Waals surface area (Å²) >= 11 is 0. The fraction of sp³-hybridized carbons (Fsp3) is 0. The SMILES string of the molecule is c1ccc(-c2ccc(N(c3ccc(-c4cccc5ccccc45)cc3)c3ccccc3-c3ccc4c(c3)-c3cccc5cccc(c35)O4)cc2)cc1. The molecule has 0 aromatic heterocycles. The van der Waals surface area contributed by atoms with Gasteiger partial charge in [0.05, 0.1) is 5.69 Å². The van der Waals surface area contributed by atoms with Crippen LogP contribution in [-0.4, -0.2) is 0 Å². The Kier molecular flexibility index (Phi) is 7.18. The van der Waals surface area contributed by atoms with Gasteiger partial charge >= 0.3 is 0 Å². The maximum atomic E-state index is 6.47. The normalized spacial score (nSPS) is 11.6. The molecule has 0 aliphatic carbocycles. The van der Waals surface area contributed by atoms with Crippen LogP contribution in [0.25, 0.3) is 66.1 Å². The molecule has 10 rings (SSSR count). The first-order chi connectivity index (χ1) is 25.8. The molecule has 2 nitrogen and oxygen atoms in total. The van der Waals surface area contributed by atoms with E-state index in [0.717, 1.165) is 50.6 Å². The molecule has 244 valence electrons. The van der Waals surface area contributed by atoms with Crippen molar-refractivity contribution in [1.82, 2.24) is 0 Å². The molecule has 1 aliphatic rings. The number of para-hydroxylation sites is 1. The van der Waals surface area contributed by atoms with Gasteiger partial charge < -0.3 is 9.64 Å². The third kappa shape index (κ3) is 5.12. The molecule has 1 heterocycles. The van der Waals surface area contributed by atoms with Gasteiger partial charge in [-0.1, -0.05) is 152 Å². The molecule has 9 aromatic rings. The fourth-order valence-electron chi connectivity index (χ4n) is 7.77. The van der Waals surface area contributed by atoms with Gasteiger partial charge in [0, 0.05) is 27.9 Å². The van der Waals surface area contributed by atoms with Crippen molar-refractivity contribution in [1.29, 1.82) is 0 Å². The molecule has 0 saturated carbocycles. The lowest BCUT2D eigenvalue weighted by atomic mass is 9.91. The Morgan fingerprint density at radius 2 is 0.904 bits per heavy atom. The smallest absolute Gasteiger partial charge is 0.135 e. The summed E-state index contributed by atoms with van der Waals surface area (Å²) in [6.07, 6.45) is 0. The van der Waals surface area contributed by atoms with Crippen LogP contribution in [-0.2, 0) is 0 Å². The van der Waals surface area contributed by atoms with E-state index in [9.17, 15) is 0 Å². The number of hydrogen-bond donors (Lipinski definition) is 0. The molecular formula is C50H33NO. The van der Waals surface area contributed by atoms with Gasteiger partial charge in [0.1, 0.15) is 11.5 Å². The average Bonchev–Trinajstić information content (AvgIpc) is 3.22. The minimum Gasteiger partial charge on any atom is -0.456 e. The zero-order chi connectivity index (χ0) is 34.4. The lowest BCUT2D eigenvalue weighted by molar-refractivity contribution is 0.487. The largest absolute Gasteiger partial charge is 0.456 e. The number of anilines is 3. The minimum absolute atomic E-state index is 0.879. The van der Waals surface area contributed by atoms with E-state index in [4.69, 9.17) is 4.74 Å². The van der Waals surface area contributed by atoms with Crippen molar-refractivity contribution >= 4 is 38.6 Å². The summed E-state index contributed by atoms with van der Waals surface area (Å²) in [5.41, 5.74) is 12.7. The molecule has 2 heteroatoms. The Balaban J connectivity index is 1.11.